The van der Waals surface area contributed by atoms with E-state index in [0.29, 0.717) is 12.3 Å². The van der Waals surface area contributed by atoms with Gasteiger partial charge in [0, 0.05) is 0 Å². The first-order chi connectivity index (χ1) is 3.43. The third kappa shape index (κ3) is 0.778. The van der Waals surface area contributed by atoms with Crippen LogP contribution < -0.4 is 5.73 Å². The van der Waals surface area contributed by atoms with Crippen LogP contribution in [0, 0.1) is 6.39 Å². The molecule has 1 aromatic heterocycles. The number of rotatable bonds is 1. The van der Waals surface area contributed by atoms with E-state index >= 15 is 0 Å². The molecule has 1 rings (SSSR count). The van der Waals surface area contributed by atoms with Crippen LogP contribution in [0.5, 0.6) is 0 Å². The van der Waals surface area contributed by atoms with Crippen molar-refractivity contribution in [2.75, 3.05) is 0 Å². The van der Waals surface area contributed by atoms with E-state index < -0.39 is 0 Å². The van der Waals surface area contributed by atoms with Gasteiger partial charge in [-0.05, 0) is 0 Å². The minimum absolute atomic E-state index is 0.399. The smallest absolute Gasteiger partial charge is 0.283 e. The van der Waals surface area contributed by atoms with Gasteiger partial charge in [-0.1, -0.05) is 0 Å². The fourth-order valence-corrected chi connectivity index (χ4v) is 0.304. The van der Waals surface area contributed by atoms with Crippen molar-refractivity contribution in [3.63, 3.8) is 0 Å². The highest BCUT2D eigenvalue weighted by Gasteiger charge is 1.87. The highest BCUT2D eigenvalue weighted by molar-refractivity contribution is 4.84. The van der Waals surface area contributed by atoms with Gasteiger partial charge in [0.1, 0.15) is 5.76 Å². The van der Waals surface area contributed by atoms with E-state index in [-0.39, 0.29) is 0 Å². The number of oxazole rings is 1. The van der Waals surface area contributed by atoms with E-state index in [1.807, 2.05) is 0 Å². The second-order valence-corrected chi connectivity index (χ2v) is 1.12. The fraction of sp³-hybridized carbons (Fsp3) is 0.250. The molecule has 0 bridgehead atoms. The zero-order valence-corrected chi connectivity index (χ0v) is 3.72. The summed E-state index contributed by atoms with van der Waals surface area (Å²) >= 11 is 0. The molecule has 3 heteroatoms. The SMILES string of the molecule is NCc1cn[c]o1. The first kappa shape index (κ1) is 4.33. The zero-order valence-electron chi connectivity index (χ0n) is 3.72. The second kappa shape index (κ2) is 1.75. The lowest BCUT2D eigenvalue weighted by atomic mass is 10.5. The van der Waals surface area contributed by atoms with E-state index in [9.17, 15) is 0 Å². The maximum absolute atomic E-state index is 5.14. The van der Waals surface area contributed by atoms with E-state index in [0.717, 1.165) is 0 Å². The normalized spacial score (nSPS) is 9.29. The summed E-state index contributed by atoms with van der Waals surface area (Å²) in [6, 6.07) is 0. The van der Waals surface area contributed by atoms with Crippen LogP contribution in [0.15, 0.2) is 10.6 Å². The molecule has 0 aromatic carbocycles. The van der Waals surface area contributed by atoms with Gasteiger partial charge in [0.25, 0.3) is 6.39 Å². The highest BCUT2D eigenvalue weighted by atomic mass is 16.3. The molecule has 0 saturated carbocycles. The van der Waals surface area contributed by atoms with Crippen LogP contribution in [-0.2, 0) is 6.54 Å². The molecule has 1 heterocycles. The van der Waals surface area contributed by atoms with Gasteiger partial charge in [-0.15, -0.1) is 0 Å². The predicted octanol–water partition coefficient (Wildman–Crippen LogP) is -0.0665. The minimum Gasteiger partial charge on any atom is -0.436 e. The fourth-order valence-electron chi connectivity index (χ4n) is 0.304. The lowest BCUT2D eigenvalue weighted by Crippen LogP contribution is -1.92. The Labute approximate surface area is 41.2 Å². The van der Waals surface area contributed by atoms with Crippen molar-refractivity contribution in [2.45, 2.75) is 6.54 Å². The Morgan fingerprint density at radius 2 is 2.86 bits per heavy atom. The third-order valence-corrected chi connectivity index (χ3v) is 0.639. The van der Waals surface area contributed by atoms with Crippen LogP contribution in [0.1, 0.15) is 5.76 Å². The summed E-state index contributed by atoms with van der Waals surface area (Å²) in [6.45, 7) is 0.399. The highest BCUT2D eigenvalue weighted by Crippen LogP contribution is 1.90. The largest absolute Gasteiger partial charge is 0.436 e. The van der Waals surface area contributed by atoms with Crippen LogP contribution in [0.4, 0.5) is 0 Å². The van der Waals surface area contributed by atoms with Crippen molar-refractivity contribution < 1.29 is 4.42 Å². The number of nitrogens with zero attached hydrogens (tertiary/aromatic N) is 1. The van der Waals surface area contributed by atoms with E-state index in [2.05, 4.69) is 15.8 Å². The van der Waals surface area contributed by atoms with Crippen molar-refractivity contribution in [3.05, 3.63) is 18.4 Å². The van der Waals surface area contributed by atoms with Gasteiger partial charge in [-0.2, -0.15) is 0 Å². The molecule has 0 aliphatic carbocycles. The minimum atomic E-state index is 0.399. The summed E-state index contributed by atoms with van der Waals surface area (Å²) in [6.07, 6.45) is 3.82. The summed E-state index contributed by atoms with van der Waals surface area (Å²) in [5.74, 6) is 0.667. The van der Waals surface area contributed by atoms with Crippen LogP contribution in [0.3, 0.4) is 0 Å². The van der Waals surface area contributed by atoms with Crippen molar-refractivity contribution in [1.29, 1.82) is 0 Å². The van der Waals surface area contributed by atoms with Gasteiger partial charge in [-0.3, -0.25) is 0 Å². The molecule has 37 valence electrons. The van der Waals surface area contributed by atoms with Crippen molar-refractivity contribution >= 4 is 0 Å². The second-order valence-electron chi connectivity index (χ2n) is 1.12. The van der Waals surface area contributed by atoms with Gasteiger partial charge in [0.05, 0.1) is 12.7 Å². The van der Waals surface area contributed by atoms with Crippen molar-refractivity contribution in [2.24, 2.45) is 5.73 Å². The molecule has 7 heavy (non-hydrogen) atoms. The Morgan fingerprint density at radius 1 is 2.00 bits per heavy atom. The molecular formula is C4H5N2O. The molecule has 0 saturated heterocycles. The molecule has 0 atom stereocenters. The molecule has 0 unspecified atom stereocenters. The number of nitrogens with two attached hydrogens (primary N) is 1. The van der Waals surface area contributed by atoms with Crippen molar-refractivity contribution in [1.82, 2.24) is 4.98 Å². The van der Waals surface area contributed by atoms with Crippen molar-refractivity contribution in [3.8, 4) is 0 Å². The standard InChI is InChI=1S/C4H5N2O/c5-1-4-2-6-3-7-4/h2H,1,5H2. The molecule has 3 nitrogen and oxygen atoms in total. The Balaban J connectivity index is 2.76. The first-order valence-corrected chi connectivity index (χ1v) is 1.94. The van der Waals surface area contributed by atoms with Crippen LogP contribution in [0.25, 0.3) is 0 Å². The summed E-state index contributed by atoms with van der Waals surface area (Å²) in [5.41, 5.74) is 5.14. The predicted molar refractivity (Wildman–Crippen MR) is 23.2 cm³/mol. The summed E-state index contributed by atoms with van der Waals surface area (Å²) in [5, 5.41) is 0. The van der Waals surface area contributed by atoms with E-state index in [1.165, 1.54) is 0 Å². The topological polar surface area (TPSA) is 52.0 Å². The van der Waals surface area contributed by atoms with Crippen LogP contribution in [-0.4, -0.2) is 4.98 Å². The quantitative estimate of drug-likeness (QED) is 0.533. The van der Waals surface area contributed by atoms with Gasteiger partial charge in [0.15, 0.2) is 0 Å². The molecule has 0 aliphatic heterocycles. The Hall–Kier alpha value is -0.830. The Kier molecular flexibility index (Phi) is 1.08. The van der Waals surface area contributed by atoms with E-state index in [4.69, 9.17) is 5.73 Å². The molecule has 0 spiro atoms. The third-order valence-electron chi connectivity index (χ3n) is 0.639. The van der Waals surface area contributed by atoms with Gasteiger partial charge in [-0.25, -0.2) is 4.98 Å². The molecule has 0 amide bonds. The molecular weight excluding hydrogens is 92.1 g/mol. The average Bonchev–Trinajstić information content (AvgIpc) is 2.14. The number of hydrogen-bond donors (Lipinski definition) is 1. The maximum Gasteiger partial charge on any atom is 0.283 e. The first-order valence-electron chi connectivity index (χ1n) is 1.94. The van der Waals surface area contributed by atoms with Gasteiger partial charge in [0.2, 0.25) is 0 Å². The summed E-state index contributed by atoms with van der Waals surface area (Å²) < 4.78 is 4.62. The van der Waals surface area contributed by atoms with Crippen LogP contribution >= 0.6 is 0 Å². The Morgan fingerprint density at radius 3 is 3.14 bits per heavy atom. The average molecular weight is 97.1 g/mol. The van der Waals surface area contributed by atoms with Crippen LogP contribution in [0.2, 0.25) is 0 Å². The Bertz CT molecular complexity index is 124. The monoisotopic (exact) mass is 97.0 g/mol. The van der Waals surface area contributed by atoms with Gasteiger partial charge >= 0.3 is 0 Å². The molecule has 2 N–H and O–H groups in total. The molecule has 1 aromatic rings. The molecule has 0 aliphatic rings. The van der Waals surface area contributed by atoms with E-state index in [1.54, 1.807) is 6.20 Å². The summed E-state index contributed by atoms with van der Waals surface area (Å²) in [7, 11) is 0. The number of hydrogen-bond acceptors (Lipinski definition) is 3. The molecule has 1 radical (unpaired) electrons. The maximum atomic E-state index is 5.14. The lowest BCUT2D eigenvalue weighted by Gasteiger charge is -1.77. The molecule has 0 fully saturated rings. The number of aromatic nitrogens is 1. The summed E-state index contributed by atoms with van der Waals surface area (Å²) in [4.78, 5) is 3.52. The zero-order chi connectivity index (χ0) is 5.11. The van der Waals surface area contributed by atoms with Gasteiger partial charge < -0.3 is 10.2 Å². The lowest BCUT2D eigenvalue weighted by molar-refractivity contribution is 0.498.